The Kier molecular flexibility index (Phi) is 6.75. The minimum absolute atomic E-state index is 0.0787. The summed E-state index contributed by atoms with van der Waals surface area (Å²) in [6, 6.07) is 9.36. The third-order valence-electron chi connectivity index (χ3n) is 4.22. The van der Waals surface area contributed by atoms with Crippen LogP contribution in [0.5, 0.6) is 0 Å². The molecule has 0 saturated heterocycles. The summed E-state index contributed by atoms with van der Waals surface area (Å²) >= 11 is 6.03. The Bertz CT molecular complexity index is 797. The zero-order valence-electron chi connectivity index (χ0n) is 15.4. The average molecular weight is 375 g/mol. The Morgan fingerprint density at radius 1 is 1.27 bits per heavy atom. The Hall–Kier alpha value is -2.40. The molecule has 0 fully saturated rings. The number of hydrogen-bond acceptors (Lipinski definition) is 4. The zero-order chi connectivity index (χ0) is 19.3. The summed E-state index contributed by atoms with van der Waals surface area (Å²) in [5.41, 5.74) is 3.34. The number of nitrogens with zero attached hydrogens (tertiary/aromatic N) is 1. The molecule has 1 amide bonds. The van der Waals surface area contributed by atoms with E-state index < -0.39 is 18.5 Å². The highest BCUT2D eigenvalue weighted by atomic mass is 35.5. The van der Waals surface area contributed by atoms with E-state index in [0.717, 1.165) is 17.7 Å². The topological polar surface area (TPSA) is 68.3 Å². The predicted octanol–water partition coefficient (Wildman–Crippen LogP) is 4.66. The van der Waals surface area contributed by atoms with Gasteiger partial charge in [0.15, 0.2) is 6.61 Å². The number of benzene rings is 1. The van der Waals surface area contributed by atoms with Gasteiger partial charge in [-0.05, 0) is 49.4 Å². The monoisotopic (exact) mass is 374 g/mol. The first-order valence-electron chi connectivity index (χ1n) is 8.53. The number of carbonyl (C=O) groups is 2. The number of pyridine rings is 1. The number of esters is 1. The maximum atomic E-state index is 12.2. The molecule has 26 heavy (non-hydrogen) atoms. The number of carbonyl (C=O) groups excluding carboxylic acids is 2. The zero-order valence-corrected chi connectivity index (χ0v) is 16.2. The molecule has 0 saturated carbocycles. The van der Waals surface area contributed by atoms with Crippen molar-refractivity contribution in [2.24, 2.45) is 0 Å². The fourth-order valence-electron chi connectivity index (χ4n) is 2.69. The van der Waals surface area contributed by atoms with Crippen molar-refractivity contribution < 1.29 is 14.3 Å². The van der Waals surface area contributed by atoms with Gasteiger partial charge in [0.05, 0.1) is 5.56 Å². The van der Waals surface area contributed by atoms with E-state index in [2.05, 4.69) is 24.1 Å². The van der Waals surface area contributed by atoms with Crippen molar-refractivity contribution >= 4 is 29.2 Å². The van der Waals surface area contributed by atoms with Gasteiger partial charge in [0.25, 0.3) is 5.91 Å². The second-order valence-electron chi connectivity index (χ2n) is 6.27. The number of ether oxygens (including phenoxy) is 1. The lowest BCUT2D eigenvalue weighted by atomic mass is 9.97. The van der Waals surface area contributed by atoms with Crippen molar-refractivity contribution in [2.45, 2.75) is 40.0 Å². The SMILES string of the molecule is CC[C@@H](C)c1ccccc1NC(=O)COC(=O)c1c(C)cc(C)nc1Cl. The molecule has 0 aliphatic heterocycles. The van der Waals surface area contributed by atoms with Gasteiger partial charge in [0, 0.05) is 11.4 Å². The molecule has 138 valence electrons. The highest BCUT2D eigenvalue weighted by molar-refractivity contribution is 6.32. The van der Waals surface area contributed by atoms with Gasteiger partial charge in [-0.25, -0.2) is 9.78 Å². The third-order valence-corrected chi connectivity index (χ3v) is 4.49. The Morgan fingerprint density at radius 3 is 2.62 bits per heavy atom. The van der Waals surface area contributed by atoms with Gasteiger partial charge in [-0.1, -0.05) is 43.6 Å². The molecule has 6 heteroatoms. The smallest absolute Gasteiger partial charge is 0.342 e. The largest absolute Gasteiger partial charge is 0.452 e. The molecule has 0 radical (unpaired) electrons. The van der Waals surface area contributed by atoms with Gasteiger partial charge < -0.3 is 10.1 Å². The first kappa shape index (κ1) is 19.9. The molecule has 1 aromatic carbocycles. The van der Waals surface area contributed by atoms with Crippen LogP contribution in [0.15, 0.2) is 30.3 Å². The van der Waals surface area contributed by atoms with Crippen LogP contribution in [0.1, 0.15) is 53.4 Å². The maximum Gasteiger partial charge on any atom is 0.342 e. The summed E-state index contributed by atoms with van der Waals surface area (Å²) in [5, 5.41) is 2.88. The number of anilines is 1. The molecule has 5 nitrogen and oxygen atoms in total. The molecule has 1 N–H and O–H groups in total. The minimum Gasteiger partial charge on any atom is -0.452 e. The minimum atomic E-state index is -0.662. The first-order valence-corrected chi connectivity index (χ1v) is 8.90. The number of hydrogen-bond donors (Lipinski definition) is 1. The molecule has 1 heterocycles. The molecule has 0 aliphatic carbocycles. The molecule has 2 rings (SSSR count). The Labute approximate surface area is 158 Å². The lowest BCUT2D eigenvalue weighted by molar-refractivity contribution is -0.119. The van der Waals surface area contributed by atoms with Gasteiger partial charge in [-0.15, -0.1) is 0 Å². The number of halogens is 1. The number of amides is 1. The first-order chi connectivity index (χ1) is 12.3. The van der Waals surface area contributed by atoms with E-state index in [4.69, 9.17) is 16.3 Å². The van der Waals surface area contributed by atoms with E-state index in [0.29, 0.717) is 17.2 Å². The van der Waals surface area contributed by atoms with Gasteiger partial charge >= 0.3 is 5.97 Å². The maximum absolute atomic E-state index is 12.2. The van der Waals surface area contributed by atoms with E-state index >= 15 is 0 Å². The van der Waals surface area contributed by atoms with Crippen LogP contribution in [-0.4, -0.2) is 23.5 Å². The molecule has 2 aromatic rings. The van der Waals surface area contributed by atoms with Crippen LogP contribution >= 0.6 is 11.6 Å². The highest BCUT2D eigenvalue weighted by Crippen LogP contribution is 2.26. The molecule has 1 atom stereocenters. The normalized spacial score (nSPS) is 11.7. The van der Waals surface area contributed by atoms with Crippen LogP contribution in [0, 0.1) is 13.8 Å². The van der Waals surface area contributed by atoms with Crippen molar-refractivity contribution in [3.63, 3.8) is 0 Å². The van der Waals surface area contributed by atoms with Crippen molar-refractivity contribution in [3.05, 3.63) is 57.9 Å². The van der Waals surface area contributed by atoms with Gasteiger partial charge in [-0.2, -0.15) is 0 Å². The van der Waals surface area contributed by atoms with E-state index in [1.54, 1.807) is 19.9 Å². The van der Waals surface area contributed by atoms with Crippen molar-refractivity contribution in [1.82, 2.24) is 4.98 Å². The van der Waals surface area contributed by atoms with E-state index in [1.165, 1.54) is 0 Å². The molecular weight excluding hydrogens is 352 g/mol. The number of para-hydroxylation sites is 1. The molecule has 0 spiro atoms. The Balaban J connectivity index is 2.03. The third kappa shape index (κ3) is 4.82. The van der Waals surface area contributed by atoms with Crippen molar-refractivity contribution in [2.75, 3.05) is 11.9 Å². The number of aromatic nitrogens is 1. The van der Waals surface area contributed by atoms with Crippen molar-refractivity contribution in [3.8, 4) is 0 Å². The second-order valence-corrected chi connectivity index (χ2v) is 6.63. The molecule has 1 aromatic heterocycles. The predicted molar refractivity (Wildman–Crippen MR) is 103 cm³/mol. The summed E-state index contributed by atoms with van der Waals surface area (Å²) in [4.78, 5) is 28.5. The number of rotatable bonds is 6. The van der Waals surface area contributed by atoms with Crippen LogP contribution in [0.2, 0.25) is 5.15 Å². The molecule has 0 aliphatic rings. The van der Waals surface area contributed by atoms with Gasteiger partial charge in [0.1, 0.15) is 5.15 Å². The van der Waals surface area contributed by atoms with Gasteiger partial charge in [-0.3, -0.25) is 4.79 Å². The fraction of sp³-hybridized carbons (Fsp3) is 0.350. The van der Waals surface area contributed by atoms with E-state index in [1.807, 2.05) is 24.3 Å². The van der Waals surface area contributed by atoms with Gasteiger partial charge in [0.2, 0.25) is 0 Å². The standard InChI is InChI=1S/C20H23ClN2O3/c1-5-12(2)15-8-6-7-9-16(15)23-17(24)11-26-20(25)18-13(3)10-14(4)22-19(18)21/h6-10,12H,5,11H2,1-4H3,(H,23,24)/t12-/m1/s1. The summed E-state index contributed by atoms with van der Waals surface area (Å²) in [7, 11) is 0. The summed E-state index contributed by atoms with van der Waals surface area (Å²) in [6.07, 6.45) is 0.958. The lowest BCUT2D eigenvalue weighted by Gasteiger charge is -2.15. The van der Waals surface area contributed by atoms with Crippen LogP contribution in [0.3, 0.4) is 0 Å². The van der Waals surface area contributed by atoms with Crippen LogP contribution < -0.4 is 5.32 Å². The van der Waals surface area contributed by atoms with E-state index in [9.17, 15) is 9.59 Å². The van der Waals surface area contributed by atoms with Crippen LogP contribution in [0.4, 0.5) is 5.69 Å². The molecule has 0 unspecified atom stereocenters. The number of nitrogens with one attached hydrogen (secondary N) is 1. The van der Waals surface area contributed by atoms with E-state index in [-0.39, 0.29) is 10.7 Å². The van der Waals surface area contributed by atoms with Crippen molar-refractivity contribution in [1.29, 1.82) is 0 Å². The quantitative estimate of drug-likeness (QED) is 0.589. The van der Waals surface area contributed by atoms with Crippen LogP contribution in [0.25, 0.3) is 0 Å². The number of aryl methyl sites for hydroxylation is 2. The lowest BCUT2D eigenvalue weighted by Crippen LogP contribution is -2.22. The molecular formula is C20H23ClN2O3. The Morgan fingerprint density at radius 2 is 1.96 bits per heavy atom. The summed E-state index contributed by atoms with van der Waals surface area (Å²) in [5.74, 6) is -0.748. The highest BCUT2D eigenvalue weighted by Gasteiger charge is 2.18. The fourth-order valence-corrected chi connectivity index (χ4v) is 3.05. The summed E-state index contributed by atoms with van der Waals surface area (Å²) < 4.78 is 5.11. The van der Waals surface area contributed by atoms with Crippen LogP contribution in [-0.2, 0) is 9.53 Å². The summed E-state index contributed by atoms with van der Waals surface area (Å²) in [6.45, 7) is 7.33. The second kappa shape index (κ2) is 8.81. The average Bonchev–Trinajstić information content (AvgIpc) is 2.59. The molecule has 0 bridgehead atoms.